The van der Waals surface area contributed by atoms with Crippen LogP contribution in [0, 0.1) is 12.7 Å². The Labute approximate surface area is 192 Å². The fourth-order valence-corrected chi connectivity index (χ4v) is 5.08. The van der Waals surface area contributed by atoms with E-state index in [4.69, 9.17) is 9.15 Å². The number of ether oxygens (including phenoxy) is 1. The zero-order valence-corrected chi connectivity index (χ0v) is 19.2. The van der Waals surface area contributed by atoms with E-state index in [1.165, 1.54) is 6.07 Å². The van der Waals surface area contributed by atoms with Crippen molar-refractivity contribution in [3.05, 3.63) is 83.8 Å². The summed E-state index contributed by atoms with van der Waals surface area (Å²) in [7, 11) is 2.02. The second kappa shape index (κ2) is 6.92. The van der Waals surface area contributed by atoms with Crippen LogP contribution in [-0.4, -0.2) is 6.61 Å². The average Bonchev–Trinajstić information content (AvgIpc) is 3.31. The maximum atomic E-state index is 15.4. The molecule has 2 aromatic heterocycles. The predicted molar refractivity (Wildman–Crippen MR) is 129 cm³/mol. The van der Waals surface area contributed by atoms with Crippen LogP contribution in [0.3, 0.4) is 0 Å². The number of hydrogen-bond donors (Lipinski definition) is 0. The van der Waals surface area contributed by atoms with Crippen LogP contribution < -0.4 is 9.30 Å². The van der Waals surface area contributed by atoms with Crippen molar-refractivity contribution in [2.45, 2.75) is 26.2 Å². The Kier molecular flexibility index (Phi) is 4.19. The van der Waals surface area contributed by atoms with Crippen LogP contribution in [0.15, 0.2) is 71.3 Å². The molecule has 5 aromatic rings. The first kappa shape index (κ1) is 20.0. The molecule has 1 aliphatic rings. The molecule has 0 N–H and O–H groups in total. The van der Waals surface area contributed by atoms with Gasteiger partial charge in [0.05, 0.1) is 17.7 Å². The van der Waals surface area contributed by atoms with Gasteiger partial charge in [-0.05, 0) is 30.7 Å². The van der Waals surface area contributed by atoms with Crippen LogP contribution >= 0.6 is 0 Å². The first-order chi connectivity index (χ1) is 15.9. The third kappa shape index (κ3) is 2.83. The molecule has 164 valence electrons. The van der Waals surface area contributed by atoms with Gasteiger partial charge in [-0.2, -0.15) is 0 Å². The van der Waals surface area contributed by atoms with Gasteiger partial charge in [-0.1, -0.05) is 44.2 Å². The Morgan fingerprint density at radius 2 is 1.64 bits per heavy atom. The topological polar surface area (TPSA) is 26.2 Å². The van der Waals surface area contributed by atoms with Gasteiger partial charge in [-0.25, -0.2) is 8.96 Å². The Bertz CT molecular complexity index is 1580. The van der Waals surface area contributed by atoms with Crippen LogP contribution in [0.4, 0.5) is 4.39 Å². The van der Waals surface area contributed by atoms with Crippen LogP contribution in [0.2, 0.25) is 0 Å². The molecule has 3 heterocycles. The number of pyridine rings is 1. The minimum Gasteiger partial charge on any atom is -0.492 e. The molecule has 0 fully saturated rings. The summed E-state index contributed by atoms with van der Waals surface area (Å²) in [5, 5.41) is 1.88. The molecule has 1 aliphatic heterocycles. The average molecular weight is 439 g/mol. The summed E-state index contributed by atoms with van der Waals surface area (Å²) < 4.78 is 30.2. The molecule has 0 radical (unpaired) electrons. The third-order valence-electron chi connectivity index (χ3n) is 6.87. The summed E-state index contributed by atoms with van der Waals surface area (Å²) in [6.07, 6.45) is 2.02. The van der Waals surface area contributed by atoms with E-state index in [9.17, 15) is 0 Å². The highest BCUT2D eigenvalue weighted by atomic mass is 19.1. The normalized spacial score (nSPS) is 14.6. The fraction of sp³-hybridized carbons (Fsp3) is 0.207. The van der Waals surface area contributed by atoms with Gasteiger partial charge in [-0.15, -0.1) is 0 Å². The van der Waals surface area contributed by atoms with Gasteiger partial charge in [0.2, 0.25) is 5.69 Å². The minimum atomic E-state index is -0.313. The summed E-state index contributed by atoms with van der Waals surface area (Å²) in [5.74, 6) is 0.437. The number of fused-ring (bicyclic) bond motifs is 4. The van der Waals surface area contributed by atoms with Gasteiger partial charge in [0, 0.05) is 39.4 Å². The lowest BCUT2D eigenvalue weighted by Crippen LogP contribution is -2.30. The smallest absolute Gasteiger partial charge is 0.216 e. The Morgan fingerprint density at radius 1 is 0.879 bits per heavy atom. The van der Waals surface area contributed by atoms with Gasteiger partial charge in [0.25, 0.3) is 0 Å². The van der Waals surface area contributed by atoms with E-state index in [-0.39, 0.29) is 11.2 Å². The Balaban J connectivity index is 1.71. The molecule has 0 amide bonds. The molecule has 0 unspecified atom stereocenters. The van der Waals surface area contributed by atoms with Crippen LogP contribution in [0.5, 0.6) is 5.75 Å². The first-order valence-electron chi connectivity index (χ1n) is 11.2. The molecule has 33 heavy (non-hydrogen) atoms. The molecule has 3 nitrogen and oxygen atoms in total. The number of halogens is 1. The molecule has 0 aliphatic carbocycles. The van der Waals surface area contributed by atoms with E-state index in [0.29, 0.717) is 17.8 Å². The molecule has 0 spiro atoms. The van der Waals surface area contributed by atoms with Crippen molar-refractivity contribution in [3.8, 4) is 28.1 Å². The zero-order valence-electron chi connectivity index (χ0n) is 19.2. The molecule has 4 heteroatoms. The molecule has 3 aromatic carbocycles. The summed E-state index contributed by atoms with van der Waals surface area (Å²) in [6, 6.07) is 19.6. The van der Waals surface area contributed by atoms with E-state index < -0.39 is 0 Å². The number of hydrogen-bond acceptors (Lipinski definition) is 2. The lowest BCUT2D eigenvalue weighted by molar-refractivity contribution is -0.660. The van der Waals surface area contributed by atoms with E-state index in [0.717, 1.165) is 50.1 Å². The van der Waals surface area contributed by atoms with Crippen molar-refractivity contribution in [1.82, 2.24) is 0 Å². The van der Waals surface area contributed by atoms with Crippen molar-refractivity contribution in [3.63, 3.8) is 0 Å². The van der Waals surface area contributed by atoms with Gasteiger partial charge >= 0.3 is 0 Å². The van der Waals surface area contributed by atoms with Crippen molar-refractivity contribution >= 4 is 21.9 Å². The maximum Gasteiger partial charge on any atom is 0.216 e. The van der Waals surface area contributed by atoms with Gasteiger partial charge in [0.15, 0.2) is 6.20 Å². The molecule has 6 rings (SSSR count). The predicted octanol–water partition coefficient (Wildman–Crippen LogP) is 6.86. The number of para-hydroxylation sites is 1. The lowest BCUT2D eigenvalue weighted by Gasteiger charge is -2.15. The summed E-state index contributed by atoms with van der Waals surface area (Å²) >= 11 is 0. The number of aromatic nitrogens is 1. The molecular weight excluding hydrogens is 413 g/mol. The lowest BCUT2D eigenvalue weighted by atomic mass is 9.85. The van der Waals surface area contributed by atoms with Crippen molar-refractivity contribution in [1.29, 1.82) is 0 Å². The standard InChI is InChI=1S/C29H25FNO2/c1-17-11-12-18-19-13-14-22(30)25(20-8-7-9-21-26(20)32-16-29(21,2)3)28(19)33-27(18)24(17)23-10-5-6-15-31(23)4/h5-15H,16H2,1-4H3/q+1. The highest BCUT2D eigenvalue weighted by Gasteiger charge is 2.34. The molecule has 0 atom stereocenters. The van der Waals surface area contributed by atoms with Crippen LogP contribution in [0.1, 0.15) is 25.0 Å². The van der Waals surface area contributed by atoms with Crippen molar-refractivity contribution < 1.29 is 18.1 Å². The quantitative estimate of drug-likeness (QED) is 0.281. The minimum absolute atomic E-state index is 0.115. The number of furan rings is 1. The highest BCUT2D eigenvalue weighted by Crippen LogP contribution is 2.48. The number of rotatable bonds is 2. The van der Waals surface area contributed by atoms with E-state index >= 15 is 4.39 Å². The molecule has 0 saturated heterocycles. The molecular formula is C29H25FNO2+. The third-order valence-corrected chi connectivity index (χ3v) is 6.87. The summed E-state index contributed by atoms with van der Waals surface area (Å²) in [5.41, 5.74) is 6.68. The Morgan fingerprint density at radius 3 is 2.42 bits per heavy atom. The fourth-order valence-electron chi connectivity index (χ4n) is 5.08. The summed E-state index contributed by atoms with van der Waals surface area (Å²) in [6.45, 7) is 6.95. The highest BCUT2D eigenvalue weighted by molar-refractivity contribution is 6.13. The van der Waals surface area contributed by atoms with Crippen LogP contribution in [-0.2, 0) is 12.5 Å². The van der Waals surface area contributed by atoms with Gasteiger partial charge in [-0.3, -0.25) is 0 Å². The van der Waals surface area contributed by atoms with Crippen LogP contribution in [0.25, 0.3) is 44.3 Å². The SMILES string of the molecule is Cc1ccc2c(oc3c(-c4cccc5c4OCC5(C)C)c(F)ccc32)c1-c1cccc[n+]1C. The molecule has 0 bridgehead atoms. The number of benzene rings is 3. The summed E-state index contributed by atoms with van der Waals surface area (Å²) in [4.78, 5) is 0. The Hall–Kier alpha value is -3.66. The van der Waals surface area contributed by atoms with Crippen molar-refractivity contribution in [2.75, 3.05) is 6.61 Å². The second-order valence-corrected chi connectivity index (χ2v) is 9.59. The van der Waals surface area contributed by atoms with Gasteiger partial charge < -0.3 is 9.15 Å². The monoisotopic (exact) mass is 438 g/mol. The van der Waals surface area contributed by atoms with Crippen molar-refractivity contribution in [2.24, 2.45) is 7.05 Å². The van der Waals surface area contributed by atoms with E-state index in [1.807, 2.05) is 43.6 Å². The number of aryl methyl sites for hydroxylation is 2. The first-order valence-corrected chi connectivity index (χ1v) is 11.2. The zero-order chi connectivity index (χ0) is 22.9. The number of nitrogens with zero attached hydrogens (tertiary/aromatic N) is 1. The second-order valence-electron chi connectivity index (χ2n) is 9.59. The largest absolute Gasteiger partial charge is 0.492 e. The van der Waals surface area contributed by atoms with E-state index in [1.54, 1.807) is 0 Å². The molecule has 0 saturated carbocycles. The van der Waals surface area contributed by atoms with E-state index in [2.05, 4.69) is 49.6 Å². The van der Waals surface area contributed by atoms with Gasteiger partial charge in [0.1, 0.15) is 29.8 Å². The maximum absolute atomic E-state index is 15.4.